The van der Waals surface area contributed by atoms with E-state index >= 15 is 0 Å². The average Bonchev–Trinajstić information content (AvgIpc) is 3.11. The molecule has 1 aromatic heterocycles. The monoisotopic (exact) mass is 430 g/mol. The van der Waals surface area contributed by atoms with Crippen LogP contribution in [0.1, 0.15) is 22.3 Å². The van der Waals surface area contributed by atoms with Gasteiger partial charge in [-0.3, -0.25) is 0 Å². The number of aryl methyl sites for hydroxylation is 4. The highest BCUT2D eigenvalue weighted by atomic mass is 16.5. The summed E-state index contributed by atoms with van der Waals surface area (Å²) in [6, 6.07) is 18.0. The zero-order valence-electron chi connectivity index (χ0n) is 18.9. The van der Waals surface area contributed by atoms with Gasteiger partial charge in [0.05, 0.1) is 18.4 Å². The third kappa shape index (κ3) is 3.89. The van der Waals surface area contributed by atoms with E-state index in [1.807, 2.05) is 25.1 Å². The number of rotatable bonds is 6. The van der Waals surface area contributed by atoms with Crippen molar-refractivity contribution in [2.45, 2.75) is 27.4 Å². The highest BCUT2D eigenvalue weighted by Crippen LogP contribution is 2.32. The molecule has 32 heavy (non-hydrogen) atoms. The Labute approximate surface area is 186 Å². The van der Waals surface area contributed by atoms with Gasteiger partial charge >= 0.3 is 5.69 Å². The molecule has 0 fully saturated rings. The molecule has 0 radical (unpaired) electrons. The van der Waals surface area contributed by atoms with Crippen LogP contribution in [0, 0.1) is 20.8 Å². The second-order valence-electron chi connectivity index (χ2n) is 7.79. The van der Waals surface area contributed by atoms with E-state index in [1.54, 1.807) is 20.2 Å². The van der Waals surface area contributed by atoms with E-state index in [9.17, 15) is 4.79 Å². The van der Waals surface area contributed by atoms with Gasteiger partial charge in [-0.1, -0.05) is 30.3 Å². The number of aromatic nitrogens is 4. The molecule has 4 rings (SSSR count). The summed E-state index contributed by atoms with van der Waals surface area (Å²) in [7, 11) is 3.15. The molecule has 0 amide bonds. The van der Waals surface area contributed by atoms with Gasteiger partial charge in [-0.15, -0.1) is 0 Å². The Kier molecular flexibility index (Phi) is 5.81. The molecular formula is C25H26N4O3. The lowest BCUT2D eigenvalue weighted by Gasteiger charge is -2.16. The third-order valence-electron chi connectivity index (χ3n) is 5.59. The molecule has 7 heteroatoms. The summed E-state index contributed by atoms with van der Waals surface area (Å²) >= 11 is 0. The molecule has 0 aliphatic carbocycles. The normalized spacial score (nSPS) is 10.9. The van der Waals surface area contributed by atoms with Crippen molar-refractivity contribution in [3.63, 3.8) is 0 Å². The zero-order chi connectivity index (χ0) is 22.8. The fraction of sp³-hybridized carbons (Fsp3) is 0.240. The van der Waals surface area contributed by atoms with Gasteiger partial charge in [0.2, 0.25) is 0 Å². The maximum Gasteiger partial charge on any atom is 0.368 e. The summed E-state index contributed by atoms with van der Waals surface area (Å²) in [4.78, 5) is 12.4. The molecule has 0 saturated carbocycles. The SMILES string of the molecule is COc1cccc(-n2nnn(C)c2=O)c1COc1ccc(-c2c(C)cccc2C)cc1C. The van der Waals surface area contributed by atoms with E-state index in [0.717, 1.165) is 22.4 Å². The van der Waals surface area contributed by atoms with Crippen molar-refractivity contribution >= 4 is 0 Å². The first-order valence-electron chi connectivity index (χ1n) is 10.4. The van der Waals surface area contributed by atoms with Gasteiger partial charge in [-0.2, -0.15) is 9.36 Å². The lowest BCUT2D eigenvalue weighted by molar-refractivity contribution is 0.294. The van der Waals surface area contributed by atoms with Crippen LogP contribution in [0.15, 0.2) is 59.4 Å². The average molecular weight is 431 g/mol. The molecule has 0 aliphatic rings. The topological polar surface area (TPSA) is 71.2 Å². The van der Waals surface area contributed by atoms with Crippen LogP contribution in [0.5, 0.6) is 11.5 Å². The van der Waals surface area contributed by atoms with Crippen molar-refractivity contribution in [3.05, 3.63) is 87.3 Å². The predicted molar refractivity (Wildman–Crippen MR) is 124 cm³/mol. The number of nitrogens with zero attached hydrogens (tertiary/aromatic N) is 4. The summed E-state index contributed by atoms with van der Waals surface area (Å²) in [5, 5.41) is 7.77. The Bertz CT molecular complexity index is 1320. The first kappa shape index (κ1) is 21.4. The van der Waals surface area contributed by atoms with Gasteiger partial charge in [0.15, 0.2) is 0 Å². The first-order valence-corrected chi connectivity index (χ1v) is 10.4. The van der Waals surface area contributed by atoms with E-state index in [-0.39, 0.29) is 12.3 Å². The molecule has 0 bridgehead atoms. The van der Waals surface area contributed by atoms with Crippen LogP contribution in [-0.2, 0) is 13.7 Å². The molecule has 0 atom stereocenters. The first-order chi connectivity index (χ1) is 15.4. The molecule has 0 N–H and O–H groups in total. The maximum absolute atomic E-state index is 12.4. The molecule has 0 aliphatic heterocycles. The van der Waals surface area contributed by atoms with Gasteiger partial charge in [0.25, 0.3) is 0 Å². The van der Waals surface area contributed by atoms with Crippen molar-refractivity contribution < 1.29 is 9.47 Å². The summed E-state index contributed by atoms with van der Waals surface area (Å²) in [5.74, 6) is 1.38. The van der Waals surface area contributed by atoms with Crippen LogP contribution in [0.25, 0.3) is 16.8 Å². The van der Waals surface area contributed by atoms with Crippen LogP contribution < -0.4 is 15.2 Å². The van der Waals surface area contributed by atoms with Crippen molar-refractivity contribution in [2.75, 3.05) is 7.11 Å². The van der Waals surface area contributed by atoms with Crippen molar-refractivity contribution in [1.29, 1.82) is 0 Å². The summed E-state index contributed by atoms with van der Waals surface area (Å²) in [5.41, 5.74) is 6.87. The lowest BCUT2D eigenvalue weighted by atomic mass is 9.94. The largest absolute Gasteiger partial charge is 0.496 e. The standard InChI is InChI=1S/C25H26N4O3/c1-16-8-6-9-17(2)24(16)19-12-13-22(18(3)14-19)32-15-20-21(10-7-11-23(20)31-5)29-25(30)28(4)26-27-29/h6-14H,15H2,1-5H3. The second kappa shape index (κ2) is 8.70. The molecule has 7 nitrogen and oxygen atoms in total. The van der Waals surface area contributed by atoms with E-state index in [2.05, 4.69) is 54.6 Å². The molecule has 164 valence electrons. The molecular weight excluding hydrogens is 404 g/mol. The molecule has 0 unspecified atom stereocenters. The molecule has 3 aromatic carbocycles. The van der Waals surface area contributed by atoms with Crippen LogP contribution in [0.3, 0.4) is 0 Å². The minimum atomic E-state index is -0.339. The van der Waals surface area contributed by atoms with E-state index in [0.29, 0.717) is 11.4 Å². The Morgan fingerprint density at radius 2 is 1.59 bits per heavy atom. The molecule has 4 aromatic rings. The van der Waals surface area contributed by atoms with Crippen LogP contribution in [0.4, 0.5) is 0 Å². The fourth-order valence-electron chi connectivity index (χ4n) is 3.94. The number of tetrazole rings is 1. The Morgan fingerprint density at radius 1 is 0.875 bits per heavy atom. The van der Waals surface area contributed by atoms with Gasteiger partial charge in [0.1, 0.15) is 18.1 Å². The highest BCUT2D eigenvalue weighted by Gasteiger charge is 2.16. The van der Waals surface area contributed by atoms with Crippen LogP contribution >= 0.6 is 0 Å². The van der Waals surface area contributed by atoms with E-state index in [1.165, 1.54) is 26.1 Å². The maximum atomic E-state index is 12.4. The lowest BCUT2D eigenvalue weighted by Crippen LogP contribution is -2.23. The Morgan fingerprint density at radius 3 is 2.22 bits per heavy atom. The van der Waals surface area contributed by atoms with Crippen molar-refractivity contribution in [3.8, 4) is 28.3 Å². The third-order valence-corrected chi connectivity index (χ3v) is 5.59. The Hall–Kier alpha value is -3.87. The summed E-state index contributed by atoms with van der Waals surface area (Å²) in [6.07, 6.45) is 0. The minimum Gasteiger partial charge on any atom is -0.496 e. The number of hydrogen-bond acceptors (Lipinski definition) is 5. The van der Waals surface area contributed by atoms with Gasteiger partial charge < -0.3 is 9.47 Å². The highest BCUT2D eigenvalue weighted by molar-refractivity contribution is 5.72. The van der Waals surface area contributed by atoms with Crippen molar-refractivity contribution in [1.82, 2.24) is 19.8 Å². The van der Waals surface area contributed by atoms with E-state index in [4.69, 9.17) is 9.47 Å². The molecule has 1 heterocycles. The predicted octanol–water partition coefficient (Wildman–Crippen LogP) is 4.15. The number of hydrogen-bond donors (Lipinski definition) is 0. The van der Waals surface area contributed by atoms with Crippen molar-refractivity contribution in [2.24, 2.45) is 7.05 Å². The van der Waals surface area contributed by atoms with Gasteiger partial charge in [-0.05, 0) is 83.3 Å². The smallest absolute Gasteiger partial charge is 0.368 e. The van der Waals surface area contributed by atoms with Gasteiger partial charge in [-0.25, -0.2) is 4.79 Å². The van der Waals surface area contributed by atoms with Gasteiger partial charge in [0, 0.05) is 7.05 Å². The van der Waals surface area contributed by atoms with E-state index < -0.39 is 0 Å². The quantitative estimate of drug-likeness (QED) is 0.460. The summed E-state index contributed by atoms with van der Waals surface area (Å²) < 4.78 is 14.1. The van der Waals surface area contributed by atoms with Crippen LogP contribution in [0.2, 0.25) is 0 Å². The zero-order valence-corrected chi connectivity index (χ0v) is 18.9. The second-order valence-corrected chi connectivity index (χ2v) is 7.79. The number of ether oxygens (including phenoxy) is 2. The Balaban J connectivity index is 1.66. The van der Waals surface area contributed by atoms with Crippen LogP contribution in [-0.4, -0.2) is 26.9 Å². The number of benzene rings is 3. The molecule has 0 saturated heterocycles. The number of methoxy groups -OCH3 is 1. The minimum absolute atomic E-state index is 0.214. The fourth-order valence-corrected chi connectivity index (χ4v) is 3.94. The molecule has 0 spiro atoms. The summed E-state index contributed by atoms with van der Waals surface area (Å²) in [6.45, 7) is 6.49.